The Kier molecular flexibility index (Phi) is 5.30. The van der Waals surface area contributed by atoms with E-state index < -0.39 is 0 Å². The van der Waals surface area contributed by atoms with Crippen LogP contribution in [0.2, 0.25) is 5.02 Å². The van der Waals surface area contributed by atoms with Gasteiger partial charge in [0.1, 0.15) is 0 Å². The average molecular weight is 295 g/mol. The molecule has 1 N–H and O–H groups in total. The largest absolute Gasteiger partial charge is 0.334 e. The molecule has 1 aliphatic rings. The summed E-state index contributed by atoms with van der Waals surface area (Å²) in [5.41, 5.74) is 1.02. The summed E-state index contributed by atoms with van der Waals surface area (Å²) in [6.45, 7) is 2.79. The second-order valence-corrected chi connectivity index (χ2v) is 6.26. The molecule has 0 bridgehead atoms. The van der Waals surface area contributed by atoms with Gasteiger partial charge in [0.05, 0.1) is 0 Å². The van der Waals surface area contributed by atoms with Gasteiger partial charge in [-0.3, -0.25) is 0 Å². The minimum absolute atomic E-state index is 0.00377. The summed E-state index contributed by atoms with van der Waals surface area (Å²) >= 11 is 5.94. The van der Waals surface area contributed by atoms with E-state index in [1.165, 1.54) is 12.8 Å². The van der Waals surface area contributed by atoms with Gasteiger partial charge < -0.3 is 10.2 Å². The van der Waals surface area contributed by atoms with Crippen molar-refractivity contribution in [2.24, 2.45) is 5.92 Å². The smallest absolute Gasteiger partial charge is 0.317 e. The van der Waals surface area contributed by atoms with Crippen molar-refractivity contribution >= 4 is 17.6 Å². The maximum absolute atomic E-state index is 12.2. The summed E-state index contributed by atoms with van der Waals surface area (Å²) in [5, 5.41) is 3.67. The minimum atomic E-state index is 0.00377. The minimum Gasteiger partial charge on any atom is -0.334 e. The van der Waals surface area contributed by atoms with Crippen LogP contribution in [0.5, 0.6) is 0 Å². The van der Waals surface area contributed by atoms with E-state index in [1.54, 1.807) is 0 Å². The fourth-order valence-corrected chi connectivity index (χ4v) is 3.08. The normalized spacial score (nSPS) is 22.4. The lowest BCUT2D eigenvalue weighted by Crippen LogP contribution is -2.45. The highest BCUT2D eigenvalue weighted by atomic mass is 35.5. The van der Waals surface area contributed by atoms with Crippen molar-refractivity contribution in [2.75, 3.05) is 7.05 Å². The number of carbonyl (C=O) groups is 1. The Bertz CT molecular complexity index is 464. The number of urea groups is 1. The predicted octanol–water partition coefficient (Wildman–Crippen LogP) is 4.06. The number of benzene rings is 1. The first kappa shape index (κ1) is 15.2. The molecule has 1 aliphatic carbocycles. The van der Waals surface area contributed by atoms with Crippen molar-refractivity contribution in [1.29, 1.82) is 0 Å². The Morgan fingerprint density at radius 3 is 2.95 bits per heavy atom. The third-order valence-corrected chi connectivity index (χ3v) is 4.34. The molecule has 0 aromatic heterocycles. The van der Waals surface area contributed by atoms with Crippen molar-refractivity contribution in [3.63, 3.8) is 0 Å². The van der Waals surface area contributed by atoms with Gasteiger partial charge in [0.15, 0.2) is 0 Å². The van der Waals surface area contributed by atoms with Crippen LogP contribution in [-0.2, 0) is 6.54 Å². The van der Waals surface area contributed by atoms with Crippen LogP contribution in [0.3, 0.4) is 0 Å². The number of nitrogens with zero attached hydrogens (tertiary/aromatic N) is 1. The number of hydrogen-bond donors (Lipinski definition) is 1. The molecule has 0 saturated heterocycles. The molecule has 0 spiro atoms. The van der Waals surface area contributed by atoms with Crippen molar-refractivity contribution in [3.05, 3.63) is 34.9 Å². The van der Waals surface area contributed by atoms with E-state index in [1.807, 2.05) is 36.2 Å². The molecule has 2 unspecified atom stereocenters. The number of halogens is 1. The quantitative estimate of drug-likeness (QED) is 0.896. The fourth-order valence-electron chi connectivity index (χ4n) is 2.87. The first-order valence-corrected chi connectivity index (χ1v) is 7.69. The van der Waals surface area contributed by atoms with Crippen molar-refractivity contribution in [1.82, 2.24) is 10.2 Å². The van der Waals surface area contributed by atoms with E-state index in [0.717, 1.165) is 24.3 Å². The molecule has 0 heterocycles. The van der Waals surface area contributed by atoms with Crippen molar-refractivity contribution in [2.45, 2.75) is 45.2 Å². The molecule has 2 rings (SSSR count). The van der Waals surface area contributed by atoms with Crippen LogP contribution in [-0.4, -0.2) is 24.0 Å². The molecule has 1 aromatic carbocycles. The predicted molar refractivity (Wildman–Crippen MR) is 82.9 cm³/mol. The molecular weight excluding hydrogens is 272 g/mol. The molecule has 0 aliphatic heterocycles. The van der Waals surface area contributed by atoms with Crippen LogP contribution in [0.15, 0.2) is 24.3 Å². The maximum Gasteiger partial charge on any atom is 0.317 e. The molecule has 1 aromatic rings. The lowest BCUT2D eigenvalue weighted by atomic mass is 9.86. The lowest BCUT2D eigenvalue weighted by Gasteiger charge is -2.34. The second kappa shape index (κ2) is 6.98. The van der Waals surface area contributed by atoms with E-state index >= 15 is 0 Å². The van der Waals surface area contributed by atoms with Crippen LogP contribution >= 0.6 is 11.6 Å². The van der Waals surface area contributed by atoms with Crippen LogP contribution < -0.4 is 5.32 Å². The SMILES string of the molecule is CC1CCCC(N(C)C(=O)NCc2cccc(Cl)c2)C1. The van der Waals surface area contributed by atoms with Gasteiger partial charge in [-0.05, 0) is 36.5 Å². The van der Waals surface area contributed by atoms with Crippen molar-refractivity contribution in [3.8, 4) is 0 Å². The van der Waals surface area contributed by atoms with E-state index in [0.29, 0.717) is 17.6 Å². The highest BCUT2D eigenvalue weighted by Crippen LogP contribution is 2.26. The Labute approximate surface area is 126 Å². The fraction of sp³-hybridized carbons (Fsp3) is 0.562. The second-order valence-electron chi connectivity index (χ2n) is 5.83. The van der Waals surface area contributed by atoms with Gasteiger partial charge in [-0.15, -0.1) is 0 Å². The van der Waals surface area contributed by atoms with Gasteiger partial charge in [0.25, 0.3) is 0 Å². The summed E-state index contributed by atoms with van der Waals surface area (Å²) in [6, 6.07) is 7.96. The third kappa shape index (κ3) is 4.14. The number of nitrogens with one attached hydrogen (secondary N) is 1. The third-order valence-electron chi connectivity index (χ3n) is 4.11. The number of amides is 2. The molecule has 20 heavy (non-hydrogen) atoms. The Morgan fingerprint density at radius 2 is 2.25 bits per heavy atom. The molecule has 0 radical (unpaired) electrons. The molecule has 3 nitrogen and oxygen atoms in total. The van der Waals surface area contributed by atoms with Gasteiger partial charge in [-0.25, -0.2) is 4.79 Å². The van der Waals surface area contributed by atoms with Gasteiger partial charge in [0.2, 0.25) is 0 Å². The summed E-state index contributed by atoms with van der Waals surface area (Å²) in [7, 11) is 1.90. The topological polar surface area (TPSA) is 32.3 Å². The van der Waals surface area contributed by atoms with Crippen LogP contribution in [0.25, 0.3) is 0 Å². The molecule has 2 atom stereocenters. The van der Waals surface area contributed by atoms with Gasteiger partial charge in [-0.1, -0.05) is 43.5 Å². The zero-order chi connectivity index (χ0) is 14.5. The van der Waals surface area contributed by atoms with Crippen molar-refractivity contribution < 1.29 is 4.79 Å². The van der Waals surface area contributed by atoms with E-state index in [2.05, 4.69) is 12.2 Å². The number of rotatable bonds is 3. The van der Waals surface area contributed by atoms with Gasteiger partial charge in [-0.2, -0.15) is 0 Å². The van der Waals surface area contributed by atoms with Crippen LogP contribution in [0, 0.1) is 5.92 Å². The summed E-state index contributed by atoms with van der Waals surface area (Å²) in [6.07, 6.45) is 4.73. The highest BCUT2D eigenvalue weighted by Gasteiger charge is 2.25. The Balaban J connectivity index is 1.84. The number of hydrogen-bond acceptors (Lipinski definition) is 1. The van der Waals surface area contributed by atoms with E-state index in [9.17, 15) is 4.79 Å². The molecule has 1 saturated carbocycles. The molecule has 2 amide bonds. The first-order chi connectivity index (χ1) is 9.56. The summed E-state index contributed by atoms with van der Waals surface area (Å²) in [4.78, 5) is 14.1. The summed E-state index contributed by atoms with van der Waals surface area (Å²) < 4.78 is 0. The Hall–Kier alpha value is -1.22. The van der Waals surface area contributed by atoms with Crippen LogP contribution in [0.1, 0.15) is 38.2 Å². The molecule has 4 heteroatoms. The van der Waals surface area contributed by atoms with E-state index in [-0.39, 0.29) is 6.03 Å². The highest BCUT2D eigenvalue weighted by molar-refractivity contribution is 6.30. The van der Waals surface area contributed by atoms with E-state index in [4.69, 9.17) is 11.6 Å². The van der Waals surface area contributed by atoms with Crippen LogP contribution in [0.4, 0.5) is 4.79 Å². The molecule has 110 valence electrons. The average Bonchev–Trinajstić information content (AvgIpc) is 2.44. The Morgan fingerprint density at radius 1 is 1.45 bits per heavy atom. The van der Waals surface area contributed by atoms with Gasteiger partial charge >= 0.3 is 6.03 Å². The summed E-state index contributed by atoms with van der Waals surface area (Å²) in [5.74, 6) is 0.719. The first-order valence-electron chi connectivity index (χ1n) is 7.31. The number of carbonyl (C=O) groups excluding carboxylic acids is 1. The lowest BCUT2D eigenvalue weighted by molar-refractivity contribution is 0.160. The molecule has 1 fully saturated rings. The monoisotopic (exact) mass is 294 g/mol. The standard InChI is InChI=1S/C16H23ClN2O/c1-12-5-3-8-15(9-12)19(2)16(20)18-11-13-6-4-7-14(17)10-13/h4,6-7,10,12,15H,3,5,8-9,11H2,1-2H3,(H,18,20). The van der Waals surface area contributed by atoms with Gasteiger partial charge in [0, 0.05) is 24.7 Å². The zero-order valence-electron chi connectivity index (χ0n) is 12.2. The zero-order valence-corrected chi connectivity index (χ0v) is 13.0. The maximum atomic E-state index is 12.2. The molecular formula is C16H23ClN2O.